The number of benzene rings is 3. The summed E-state index contributed by atoms with van der Waals surface area (Å²) in [6, 6.07) is 49.5. The van der Waals surface area contributed by atoms with Crippen molar-refractivity contribution in [1.29, 1.82) is 0 Å². The molecule has 0 saturated carbocycles. The van der Waals surface area contributed by atoms with E-state index in [-0.39, 0.29) is 0 Å². The summed E-state index contributed by atoms with van der Waals surface area (Å²) in [6.07, 6.45) is 3.57. The summed E-state index contributed by atoms with van der Waals surface area (Å²) >= 11 is 3.20. The van der Waals surface area contributed by atoms with Crippen LogP contribution in [0.5, 0.6) is 0 Å². The molecule has 0 bridgehead atoms. The topological polar surface area (TPSA) is 77.3 Å². The molecular formula is C44H28N6S2. The summed E-state index contributed by atoms with van der Waals surface area (Å²) in [4.78, 5) is 28.6. The first-order chi connectivity index (χ1) is 25.7. The Labute approximate surface area is 308 Å². The van der Waals surface area contributed by atoms with Crippen LogP contribution >= 0.6 is 22.7 Å². The molecule has 0 saturated heterocycles. The van der Waals surface area contributed by atoms with Crippen LogP contribution in [0, 0.1) is 0 Å². The highest BCUT2D eigenvalue weighted by Crippen LogP contribution is 2.35. The van der Waals surface area contributed by atoms with Gasteiger partial charge in [0.15, 0.2) is 0 Å². The lowest BCUT2D eigenvalue weighted by molar-refractivity contribution is 1.24. The summed E-state index contributed by atoms with van der Waals surface area (Å²) in [5, 5.41) is 5.95. The first-order valence-electron chi connectivity index (χ1n) is 16.7. The Morgan fingerprint density at radius 3 is 1.08 bits per heavy atom. The summed E-state index contributed by atoms with van der Waals surface area (Å²) in [7, 11) is 0. The number of hydrogen-bond donors (Lipinski definition) is 0. The van der Waals surface area contributed by atoms with Crippen LogP contribution in [-0.4, -0.2) is 29.9 Å². The predicted octanol–water partition coefficient (Wildman–Crippen LogP) is 11.5. The van der Waals surface area contributed by atoms with Crippen LogP contribution < -0.4 is 0 Å². The van der Waals surface area contributed by atoms with Crippen molar-refractivity contribution in [3.63, 3.8) is 0 Å². The average Bonchev–Trinajstić information content (AvgIpc) is 3.94. The number of hydrogen-bond acceptors (Lipinski definition) is 8. The number of thiazole rings is 2. The standard InChI is InChI=1S/C44H28N6S2/c1-3-22-45-35(16-1)37-18-8-20-39(47-37)43-49-41(27-51-43)33-14-6-12-31(25-33)29-10-5-11-30(24-29)32-13-7-15-34(26-32)42-28-52-44(50-42)40-21-9-19-38(48-40)36-17-2-4-23-46-36/h1-28H. The summed E-state index contributed by atoms with van der Waals surface area (Å²) in [5.41, 5.74) is 13.5. The summed E-state index contributed by atoms with van der Waals surface area (Å²) in [6.45, 7) is 0. The molecule has 6 nitrogen and oxygen atoms in total. The normalized spacial score (nSPS) is 11.1. The SMILES string of the molecule is c1ccc(-c2cccc(-c3nc(-c4cccc(-c5cccc(-c6cccc(-c7csc(-c8cccc(-c9ccccn9)n8)n7)c6)c5)c4)cs3)n2)nc1. The van der Waals surface area contributed by atoms with Crippen molar-refractivity contribution in [2.75, 3.05) is 0 Å². The van der Waals surface area contributed by atoms with Crippen LogP contribution in [0.1, 0.15) is 0 Å². The van der Waals surface area contributed by atoms with Crippen molar-refractivity contribution in [2.24, 2.45) is 0 Å². The van der Waals surface area contributed by atoms with Crippen molar-refractivity contribution >= 4 is 22.7 Å². The minimum absolute atomic E-state index is 0.832. The van der Waals surface area contributed by atoms with E-state index in [0.29, 0.717) is 0 Å². The second-order valence-corrected chi connectivity index (χ2v) is 13.8. The zero-order valence-electron chi connectivity index (χ0n) is 27.7. The van der Waals surface area contributed by atoms with E-state index in [1.54, 1.807) is 35.1 Å². The minimum Gasteiger partial charge on any atom is -0.255 e. The summed E-state index contributed by atoms with van der Waals surface area (Å²) in [5.74, 6) is 0. The molecule has 246 valence electrons. The van der Waals surface area contributed by atoms with Crippen LogP contribution in [0.15, 0.2) is 169 Å². The van der Waals surface area contributed by atoms with Crippen molar-refractivity contribution in [2.45, 2.75) is 0 Å². The van der Waals surface area contributed by atoms with Gasteiger partial charge in [-0.25, -0.2) is 19.9 Å². The van der Waals surface area contributed by atoms with Crippen molar-refractivity contribution in [1.82, 2.24) is 29.9 Å². The molecule has 0 unspecified atom stereocenters. The highest BCUT2D eigenvalue weighted by Gasteiger charge is 2.13. The lowest BCUT2D eigenvalue weighted by Crippen LogP contribution is -1.89. The smallest absolute Gasteiger partial charge is 0.142 e. The van der Waals surface area contributed by atoms with E-state index in [9.17, 15) is 0 Å². The lowest BCUT2D eigenvalue weighted by Gasteiger charge is -2.09. The molecule has 0 fully saturated rings. The first-order valence-corrected chi connectivity index (χ1v) is 18.5. The molecule has 0 aliphatic heterocycles. The molecule has 52 heavy (non-hydrogen) atoms. The zero-order valence-corrected chi connectivity index (χ0v) is 29.3. The largest absolute Gasteiger partial charge is 0.255 e. The van der Waals surface area contributed by atoms with Gasteiger partial charge in [-0.2, -0.15) is 0 Å². The van der Waals surface area contributed by atoms with E-state index >= 15 is 0 Å². The molecular weight excluding hydrogens is 677 g/mol. The van der Waals surface area contributed by atoms with Gasteiger partial charge in [0.2, 0.25) is 0 Å². The molecule has 0 aliphatic rings. The van der Waals surface area contributed by atoms with E-state index in [2.05, 4.69) is 93.5 Å². The molecule has 6 heterocycles. The molecule has 0 amide bonds. The second-order valence-electron chi connectivity index (χ2n) is 12.1. The van der Waals surface area contributed by atoms with Gasteiger partial charge in [0.1, 0.15) is 10.0 Å². The van der Waals surface area contributed by atoms with Gasteiger partial charge < -0.3 is 0 Å². The van der Waals surface area contributed by atoms with Gasteiger partial charge in [0.05, 0.1) is 45.6 Å². The first kappa shape index (κ1) is 31.5. The van der Waals surface area contributed by atoms with Crippen LogP contribution in [0.2, 0.25) is 0 Å². The van der Waals surface area contributed by atoms with Gasteiger partial charge in [-0.05, 0) is 89.0 Å². The molecule has 0 radical (unpaired) electrons. The molecule has 8 heteroatoms. The van der Waals surface area contributed by atoms with E-state index < -0.39 is 0 Å². The quantitative estimate of drug-likeness (QED) is 0.157. The van der Waals surface area contributed by atoms with Crippen LogP contribution in [0.3, 0.4) is 0 Å². The van der Waals surface area contributed by atoms with Gasteiger partial charge in [-0.15, -0.1) is 22.7 Å². The Morgan fingerprint density at radius 2 is 0.654 bits per heavy atom. The third-order valence-corrected chi connectivity index (χ3v) is 10.4. The van der Waals surface area contributed by atoms with Gasteiger partial charge in [-0.3, -0.25) is 9.97 Å². The Bertz CT molecular complexity index is 2470. The Balaban J connectivity index is 0.960. The van der Waals surface area contributed by atoms with E-state index in [4.69, 9.17) is 19.9 Å². The molecule has 3 aromatic carbocycles. The lowest BCUT2D eigenvalue weighted by atomic mass is 9.96. The van der Waals surface area contributed by atoms with Crippen LogP contribution in [-0.2, 0) is 0 Å². The number of rotatable bonds is 8. The predicted molar refractivity (Wildman–Crippen MR) is 212 cm³/mol. The molecule has 9 rings (SSSR count). The van der Waals surface area contributed by atoms with E-state index in [0.717, 1.165) is 88.9 Å². The minimum atomic E-state index is 0.832. The monoisotopic (exact) mass is 704 g/mol. The Hall–Kier alpha value is -6.48. The van der Waals surface area contributed by atoms with Gasteiger partial charge in [0, 0.05) is 34.3 Å². The maximum atomic E-state index is 4.99. The molecule has 0 atom stereocenters. The molecule has 9 aromatic rings. The highest BCUT2D eigenvalue weighted by atomic mass is 32.1. The van der Waals surface area contributed by atoms with Gasteiger partial charge >= 0.3 is 0 Å². The van der Waals surface area contributed by atoms with Gasteiger partial charge in [0.25, 0.3) is 0 Å². The number of nitrogens with zero attached hydrogens (tertiary/aromatic N) is 6. The number of aromatic nitrogens is 6. The fraction of sp³-hybridized carbons (Fsp3) is 0. The van der Waals surface area contributed by atoms with E-state index in [1.807, 2.05) is 72.8 Å². The van der Waals surface area contributed by atoms with Crippen LogP contribution in [0.4, 0.5) is 0 Å². The summed E-state index contributed by atoms with van der Waals surface area (Å²) < 4.78 is 0. The second kappa shape index (κ2) is 14.0. The van der Waals surface area contributed by atoms with E-state index in [1.165, 1.54) is 0 Å². The van der Waals surface area contributed by atoms with Crippen LogP contribution in [0.25, 0.3) is 88.9 Å². The third-order valence-electron chi connectivity index (χ3n) is 8.65. The van der Waals surface area contributed by atoms with Crippen molar-refractivity contribution in [3.05, 3.63) is 169 Å². The van der Waals surface area contributed by atoms with Crippen molar-refractivity contribution < 1.29 is 0 Å². The Kier molecular flexibility index (Phi) is 8.50. The number of pyridine rings is 4. The molecule has 6 aromatic heterocycles. The molecule has 0 N–H and O–H groups in total. The molecule has 0 spiro atoms. The van der Waals surface area contributed by atoms with Gasteiger partial charge in [-0.1, -0.05) is 78.9 Å². The fourth-order valence-corrected chi connectivity index (χ4v) is 7.66. The van der Waals surface area contributed by atoms with Crippen molar-refractivity contribution in [3.8, 4) is 88.9 Å². The maximum absolute atomic E-state index is 4.99. The average molecular weight is 705 g/mol. The third kappa shape index (κ3) is 6.56. The zero-order chi connectivity index (χ0) is 34.7. The highest BCUT2D eigenvalue weighted by molar-refractivity contribution is 7.13. The maximum Gasteiger partial charge on any atom is 0.142 e. The fourth-order valence-electron chi connectivity index (χ4n) is 6.06. The Morgan fingerprint density at radius 1 is 0.288 bits per heavy atom. The molecule has 0 aliphatic carbocycles.